The molecule has 2 fully saturated rings. The number of hydrogen-bond acceptors (Lipinski definition) is 8. The standard InChI is InChI=1S/C24H30N8O/c1-29-7-11-31(12-8-29)18-3-5-25-21(15-18)20-17-27-23(28-24(20)33)22-16-19(4-6-26-22)32-13-9-30(2)10-14-32/h3-6,15-17H,7-14H2,1-2H3,(H,27,28,33). The van der Waals surface area contributed by atoms with Gasteiger partial charge in [0.15, 0.2) is 5.82 Å². The Morgan fingerprint density at radius 3 is 1.79 bits per heavy atom. The number of nitrogens with zero attached hydrogens (tertiary/aromatic N) is 7. The van der Waals surface area contributed by atoms with Crippen molar-refractivity contribution in [1.29, 1.82) is 0 Å². The smallest absolute Gasteiger partial charge is 0.260 e. The molecule has 9 nitrogen and oxygen atoms in total. The van der Waals surface area contributed by atoms with Crippen molar-refractivity contribution in [3.63, 3.8) is 0 Å². The zero-order chi connectivity index (χ0) is 22.8. The molecule has 3 aromatic heterocycles. The van der Waals surface area contributed by atoms with Crippen LogP contribution < -0.4 is 15.4 Å². The van der Waals surface area contributed by atoms with Crippen molar-refractivity contribution in [2.24, 2.45) is 0 Å². The summed E-state index contributed by atoms with van der Waals surface area (Å²) >= 11 is 0. The molecule has 0 amide bonds. The van der Waals surface area contributed by atoms with E-state index in [0.29, 0.717) is 22.8 Å². The van der Waals surface area contributed by atoms with Gasteiger partial charge in [-0.2, -0.15) is 0 Å². The first-order valence-corrected chi connectivity index (χ1v) is 11.5. The van der Waals surface area contributed by atoms with E-state index in [4.69, 9.17) is 0 Å². The zero-order valence-electron chi connectivity index (χ0n) is 19.2. The van der Waals surface area contributed by atoms with Gasteiger partial charge >= 0.3 is 0 Å². The highest BCUT2D eigenvalue weighted by atomic mass is 16.1. The van der Waals surface area contributed by atoms with Crippen LogP contribution in [0.4, 0.5) is 11.4 Å². The van der Waals surface area contributed by atoms with Crippen LogP contribution in [0.3, 0.4) is 0 Å². The van der Waals surface area contributed by atoms with Crippen molar-refractivity contribution in [2.45, 2.75) is 0 Å². The molecule has 1 N–H and O–H groups in total. The predicted octanol–water partition coefficient (Wildman–Crippen LogP) is 1.40. The molecule has 0 bridgehead atoms. The zero-order valence-corrected chi connectivity index (χ0v) is 19.2. The summed E-state index contributed by atoms with van der Waals surface area (Å²) in [6.45, 7) is 7.97. The number of piperazine rings is 2. The van der Waals surface area contributed by atoms with Gasteiger partial charge < -0.3 is 24.6 Å². The van der Waals surface area contributed by atoms with Gasteiger partial charge in [-0.1, -0.05) is 0 Å². The van der Waals surface area contributed by atoms with Gasteiger partial charge in [0.1, 0.15) is 5.69 Å². The fourth-order valence-corrected chi connectivity index (χ4v) is 4.35. The number of nitrogens with one attached hydrogen (secondary N) is 1. The van der Waals surface area contributed by atoms with Crippen molar-refractivity contribution < 1.29 is 0 Å². The Kier molecular flexibility index (Phi) is 6.06. The summed E-state index contributed by atoms with van der Waals surface area (Å²) in [5.41, 5.74) is 3.72. The maximum absolute atomic E-state index is 13.0. The minimum absolute atomic E-state index is 0.213. The molecule has 0 spiro atoms. The fourth-order valence-electron chi connectivity index (χ4n) is 4.35. The van der Waals surface area contributed by atoms with Crippen LogP contribution in [0.25, 0.3) is 22.8 Å². The third-order valence-electron chi connectivity index (χ3n) is 6.54. The van der Waals surface area contributed by atoms with Crippen molar-refractivity contribution in [1.82, 2.24) is 29.7 Å². The maximum atomic E-state index is 13.0. The summed E-state index contributed by atoms with van der Waals surface area (Å²) in [5, 5.41) is 0. The SMILES string of the molecule is CN1CCN(c2ccnc(-c3ncc(-c4cc(N5CCN(C)CC5)ccn4)c(=O)[nH]3)c2)CC1. The second-order valence-corrected chi connectivity index (χ2v) is 8.85. The molecule has 172 valence electrons. The molecule has 0 unspecified atom stereocenters. The normalized spacial score (nSPS) is 18.0. The van der Waals surface area contributed by atoms with Crippen LogP contribution in [0.2, 0.25) is 0 Å². The average molecular weight is 447 g/mol. The molecule has 0 aromatic carbocycles. The van der Waals surface area contributed by atoms with E-state index in [1.807, 2.05) is 24.3 Å². The van der Waals surface area contributed by atoms with Gasteiger partial charge in [-0.3, -0.25) is 14.8 Å². The van der Waals surface area contributed by atoms with Crippen molar-refractivity contribution in [2.75, 3.05) is 76.3 Å². The first-order chi connectivity index (χ1) is 16.1. The molecule has 2 saturated heterocycles. The Bertz CT molecular complexity index is 1160. The average Bonchev–Trinajstić information content (AvgIpc) is 2.85. The van der Waals surface area contributed by atoms with Crippen LogP contribution in [0.5, 0.6) is 0 Å². The molecular weight excluding hydrogens is 416 g/mol. The first kappa shape index (κ1) is 21.5. The molecule has 0 radical (unpaired) electrons. The Morgan fingerprint density at radius 2 is 1.24 bits per heavy atom. The van der Waals surface area contributed by atoms with Crippen LogP contribution in [-0.4, -0.2) is 96.2 Å². The van der Waals surface area contributed by atoms with E-state index in [1.54, 1.807) is 18.6 Å². The Labute approximate surface area is 193 Å². The van der Waals surface area contributed by atoms with E-state index in [-0.39, 0.29) is 5.56 Å². The van der Waals surface area contributed by atoms with Crippen molar-refractivity contribution >= 4 is 11.4 Å². The van der Waals surface area contributed by atoms with Gasteiger partial charge in [0.05, 0.1) is 11.3 Å². The quantitative estimate of drug-likeness (QED) is 0.644. The number of pyridine rings is 2. The third kappa shape index (κ3) is 4.74. The lowest BCUT2D eigenvalue weighted by Crippen LogP contribution is -2.44. The number of aromatic nitrogens is 4. The van der Waals surface area contributed by atoms with Crippen molar-refractivity contribution in [3.05, 3.63) is 53.2 Å². The molecule has 2 aliphatic rings. The summed E-state index contributed by atoms with van der Waals surface area (Å²) in [6, 6.07) is 7.98. The van der Waals surface area contributed by atoms with Gasteiger partial charge in [-0.15, -0.1) is 0 Å². The largest absolute Gasteiger partial charge is 0.369 e. The molecule has 5 rings (SSSR count). The second kappa shape index (κ2) is 9.29. The van der Waals surface area contributed by atoms with Gasteiger partial charge in [0.2, 0.25) is 0 Å². The molecule has 5 heterocycles. The van der Waals surface area contributed by atoms with Crippen LogP contribution >= 0.6 is 0 Å². The highest BCUT2D eigenvalue weighted by molar-refractivity contribution is 5.65. The molecule has 0 aliphatic carbocycles. The monoisotopic (exact) mass is 446 g/mol. The Hall–Kier alpha value is -3.30. The molecule has 2 aliphatic heterocycles. The van der Waals surface area contributed by atoms with Gasteiger partial charge in [-0.05, 0) is 38.4 Å². The molecular formula is C24H30N8O. The summed E-state index contributed by atoms with van der Waals surface area (Å²) in [4.78, 5) is 38.6. The lowest BCUT2D eigenvalue weighted by molar-refractivity contribution is 0.313. The topological polar surface area (TPSA) is 84.5 Å². The minimum atomic E-state index is -0.213. The molecule has 0 atom stereocenters. The molecule has 3 aromatic rings. The number of aromatic amines is 1. The summed E-state index contributed by atoms with van der Waals surface area (Å²) in [6.07, 6.45) is 5.14. The highest BCUT2D eigenvalue weighted by Crippen LogP contribution is 2.23. The molecule has 0 saturated carbocycles. The van der Waals surface area contributed by atoms with E-state index in [2.05, 4.69) is 53.6 Å². The van der Waals surface area contributed by atoms with Gasteiger partial charge in [-0.25, -0.2) is 4.98 Å². The first-order valence-electron chi connectivity index (χ1n) is 11.5. The second-order valence-electron chi connectivity index (χ2n) is 8.85. The third-order valence-corrected chi connectivity index (χ3v) is 6.54. The Balaban J connectivity index is 1.38. The number of anilines is 2. The minimum Gasteiger partial charge on any atom is -0.369 e. The van der Waals surface area contributed by atoms with E-state index >= 15 is 0 Å². The van der Waals surface area contributed by atoms with Crippen LogP contribution in [-0.2, 0) is 0 Å². The summed E-state index contributed by atoms with van der Waals surface area (Å²) in [5.74, 6) is 0.468. The molecule has 9 heteroatoms. The van der Waals surface area contributed by atoms with E-state index < -0.39 is 0 Å². The van der Waals surface area contributed by atoms with Gasteiger partial charge in [0, 0.05) is 82.3 Å². The number of rotatable bonds is 4. The number of H-pyrrole nitrogens is 1. The lowest BCUT2D eigenvalue weighted by atomic mass is 10.2. The number of hydrogen-bond donors (Lipinski definition) is 1. The predicted molar refractivity (Wildman–Crippen MR) is 131 cm³/mol. The van der Waals surface area contributed by atoms with E-state index in [9.17, 15) is 4.79 Å². The van der Waals surface area contributed by atoms with Crippen molar-refractivity contribution in [3.8, 4) is 22.8 Å². The summed E-state index contributed by atoms with van der Waals surface area (Å²) < 4.78 is 0. The van der Waals surface area contributed by atoms with Crippen LogP contribution in [0.1, 0.15) is 0 Å². The fraction of sp³-hybridized carbons (Fsp3) is 0.417. The maximum Gasteiger partial charge on any atom is 0.260 e. The summed E-state index contributed by atoms with van der Waals surface area (Å²) in [7, 11) is 4.28. The van der Waals surface area contributed by atoms with Crippen LogP contribution in [0, 0.1) is 0 Å². The lowest BCUT2D eigenvalue weighted by Gasteiger charge is -2.34. The highest BCUT2D eigenvalue weighted by Gasteiger charge is 2.18. The molecule has 33 heavy (non-hydrogen) atoms. The van der Waals surface area contributed by atoms with Crippen LogP contribution in [0.15, 0.2) is 47.7 Å². The number of likely N-dealkylation sites (N-methyl/N-ethyl adjacent to an activating group) is 2. The van der Waals surface area contributed by atoms with Gasteiger partial charge in [0.25, 0.3) is 5.56 Å². The Morgan fingerprint density at radius 1 is 0.727 bits per heavy atom. The van der Waals surface area contributed by atoms with E-state index in [1.165, 1.54) is 0 Å². The van der Waals surface area contributed by atoms with E-state index in [0.717, 1.165) is 63.7 Å².